The first-order valence-corrected chi connectivity index (χ1v) is 13.0. The van der Waals surface area contributed by atoms with Crippen molar-refractivity contribution in [3.05, 3.63) is 59.4 Å². The third-order valence-electron chi connectivity index (χ3n) is 7.18. The van der Waals surface area contributed by atoms with Crippen molar-refractivity contribution in [3.63, 3.8) is 0 Å². The van der Waals surface area contributed by atoms with Crippen LogP contribution in [0.4, 0.5) is 9.18 Å². The average Bonchev–Trinajstić information content (AvgIpc) is 2.89. The number of ether oxygens (including phenoxy) is 1. The van der Waals surface area contributed by atoms with Crippen LogP contribution in [0.15, 0.2) is 42.5 Å². The molecule has 1 saturated heterocycles. The predicted molar refractivity (Wildman–Crippen MR) is 142 cm³/mol. The summed E-state index contributed by atoms with van der Waals surface area (Å²) in [5.41, 5.74) is 6.19. The van der Waals surface area contributed by atoms with Gasteiger partial charge < -0.3 is 25.8 Å². The minimum Gasteiger partial charge on any atom is -0.450 e. The van der Waals surface area contributed by atoms with Crippen LogP contribution in [-0.4, -0.2) is 54.3 Å². The zero-order valence-corrected chi connectivity index (χ0v) is 22.4. The molecule has 2 amide bonds. The van der Waals surface area contributed by atoms with Gasteiger partial charge in [0.2, 0.25) is 5.91 Å². The molecule has 7 nitrogen and oxygen atoms in total. The molecular formula is C29H40FN3O4. The first-order valence-electron chi connectivity index (χ1n) is 13.0. The Hall–Kier alpha value is -2.97. The maximum absolute atomic E-state index is 15.5. The van der Waals surface area contributed by atoms with Crippen molar-refractivity contribution in [1.82, 2.24) is 10.2 Å². The molecular weight excluding hydrogens is 473 g/mol. The Morgan fingerprint density at radius 3 is 2.65 bits per heavy atom. The Balaban J connectivity index is 2.05. The van der Waals surface area contributed by atoms with E-state index in [2.05, 4.69) is 5.32 Å². The number of amides is 2. The number of nitrogens with one attached hydrogen (secondary N) is 1. The maximum atomic E-state index is 15.5. The van der Waals surface area contributed by atoms with E-state index >= 15 is 4.39 Å². The van der Waals surface area contributed by atoms with Gasteiger partial charge in [-0.15, -0.1) is 0 Å². The molecule has 2 atom stereocenters. The molecule has 3 rings (SSSR count). The van der Waals surface area contributed by atoms with Gasteiger partial charge >= 0.3 is 6.09 Å². The molecule has 202 valence electrons. The number of halogens is 1. The van der Waals surface area contributed by atoms with Gasteiger partial charge in [-0.05, 0) is 68.7 Å². The quantitative estimate of drug-likeness (QED) is 0.432. The van der Waals surface area contributed by atoms with Crippen LogP contribution in [0.3, 0.4) is 0 Å². The third kappa shape index (κ3) is 6.67. The standard InChI is InChI=1S/C29H40FN3O4/c1-5-20-10-6-11-21(18-20)25-23(13-7-14-24(25)30)29(36,15-9-17-37-27(35)32-4)22-12-8-16-33(19-22)26(34)28(2,3)31/h6-7,10-11,13-14,18,22,36H,5,8-9,12,15-17,19,31H2,1-4H3,(H,32,35). The van der Waals surface area contributed by atoms with E-state index in [9.17, 15) is 14.7 Å². The minimum atomic E-state index is -1.47. The molecule has 1 aliphatic rings. The molecule has 4 N–H and O–H groups in total. The van der Waals surface area contributed by atoms with E-state index < -0.39 is 23.1 Å². The third-order valence-corrected chi connectivity index (χ3v) is 7.18. The number of carbonyl (C=O) groups excluding carboxylic acids is 2. The number of carbonyl (C=O) groups is 2. The molecule has 2 unspecified atom stereocenters. The van der Waals surface area contributed by atoms with Crippen LogP contribution in [0, 0.1) is 11.7 Å². The molecule has 0 bridgehead atoms. The lowest BCUT2D eigenvalue weighted by Crippen LogP contribution is -2.56. The SMILES string of the molecule is CCc1cccc(-c2c(F)cccc2C(O)(CCCOC(=O)NC)C2CCCN(C(=O)C(C)(C)N)C2)c1. The number of likely N-dealkylation sites (tertiary alicyclic amines) is 1. The summed E-state index contributed by atoms with van der Waals surface area (Å²) in [4.78, 5) is 26.3. The molecule has 1 fully saturated rings. The number of benzene rings is 2. The molecule has 1 aliphatic heterocycles. The molecule has 0 radical (unpaired) electrons. The van der Waals surface area contributed by atoms with E-state index in [1.54, 1.807) is 30.9 Å². The molecule has 2 aromatic carbocycles. The highest BCUT2D eigenvalue weighted by atomic mass is 19.1. The van der Waals surface area contributed by atoms with Gasteiger partial charge in [-0.3, -0.25) is 4.79 Å². The fourth-order valence-corrected chi connectivity index (χ4v) is 5.22. The van der Waals surface area contributed by atoms with Crippen molar-refractivity contribution in [2.24, 2.45) is 11.7 Å². The summed E-state index contributed by atoms with van der Waals surface area (Å²) >= 11 is 0. The van der Waals surface area contributed by atoms with Crippen molar-refractivity contribution in [2.75, 3.05) is 26.7 Å². The lowest BCUT2D eigenvalue weighted by Gasteiger charge is -2.44. The number of hydrogen-bond acceptors (Lipinski definition) is 5. The second-order valence-electron chi connectivity index (χ2n) is 10.4. The van der Waals surface area contributed by atoms with Crippen LogP contribution < -0.4 is 11.1 Å². The fourth-order valence-electron chi connectivity index (χ4n) is 5.22. The topological polar surface area (TPSA) is 105 Å². The lowest BCUT2D eigenvalue weighted by atomic mass is 9.72. The number of hydrogen-bond donors (Lipinski definition) is 3. The number of rotatable bonds is 9. The summed E-state index contributed by atoms with van der Waals surface area (Å²) in [5.74, 6) is -0.960. The summed E-state index contributed by atoms with van der Waals surface area (Å²) < 4.78 is 20.7. The van der Waals surface area contributed by atoms with Crippen LogP contribution in [0.5, 0.6) is 0 Å². The van der Waals surface area contributed by atoms with E-state index in [1.165, 1.54) is 13.1 Å². The second-order valence-corrected chi connectivity index (χ2v) is 10.4. The second kappa shape index (κ2) is 12.0. The van der Waals surface area contributed by atoms with Crippen LogP contribution in [0.1, 0.15) is 57.6 Å². The van der Waals surface area contributed by atoms with Gasteiger partial charge in [0.15, 0.2) is 0 Å². The lowest BCUT2D eigenvalue weighted by molar-refractivity contribution is -0.141. The molecule has 0 saturated carbocycles. The molecule has 8 heteroatoms. The van der Waals surface area contributed by atoms with Crippen LogP contribution in [0.25, 0.3) is 11.1 Å². The number of piperidine rings is 1. The van der Waals surface area contributed by atoms with Gasteiger partial charge in [-0.25, -0.2) is 9.18 Å². The van der Waals surface area contributed by atoms with Crippen molar-refractivity contribution in [2.45, 2.75) is 64.0 Å². The molecule has 2 aromatic rings. The highest BCUT2D eigenvalue weighted by Crippen LogP contribution is 2.44. The highest BCUT2D eigenvalue weighted by Gasteiger charge is 2.44. The highest BCUT2D eigenvalue weighted by molar-refractivity contribution is 5.85. The number of nitrogens with zero attached hydrogens (tertiary/aromatic N) is 1. The van der Waals surface area contributed by atoms with Gasteiger partial charge in [0, 0.05) is 31.6 Å². The van der Waals surface area contributed by atoms with E-state index in [0.717, 1.165) is 12.0 Å². The number of aryl methyl sites for hydroxylation is 1. The number of nitrogens with two attached hydrogens (primary N) is 1. The smallest absolute Gasteiger partial charge is 0.406 e. The van der Waals surface area contributed by atoms with E-state index in [0.29, 0.717) is 49.0 Å². The Labute approximate surface area is 219 Å². The van der Waals surface area contributed by atoms with Crippen LogP contribution >= 0.6 is 0 Å². The zero-order valence-electron chi connectivity index (χ0n) is 22.4. The summed E-state index contributed by atoms with van der Waals surface area (Å²) in [7, 11) is 1.48. The van der Waals surface area contributed by atoms with E-state index in [-0.39, 0.29) is 24.9 Å². The first kappa shape index (κ1) is 28.6. The van der Waals surface area contributed by atoms with Crippen molar-refractivity contribution < 1.29 is 23.8 Å². The van der Waals surface area contributed by atoms with Gasteiger partial charge in [-0.2, -0.15) is 0 Å². The molecule has 37 heavy (non-hydrogen) atoms. The molecule has 0 aliphatic carbocycles. The van der Waals surface area contributed by atoms with Crippen molar-refractivity contribution in [3.8, 4) is 11.1 Å². The van der Waals surface area contributed by atoms with Crippen molar-refractivity contribution in [1.29, 1.82) is 0 Å². The molecule has 1 heterocycles. The average molecular weight is 514 g/mol. The Morgan fingerprint density at radius 2 is 1.97 bits per heavy atom. The predicted octanol–water partition coefficient (Wildman–Crippen LogP) is 4.35. The Morgan fingerprint density at radius 1 is 1.24 bits per heavy atom. The maximum Gasteiger partial charge on any atom is 0.406 e. The van der Waals surface area contributed by atoms with Gasteiger partial charge in [-0.1, -0.05) is 43.3 Å². The fraction of sp³-hybridized carbons (Fsp3) is 0.517. The Kier molecular flexibility index (Phi) is 9.31. The minimum absolute atomic E-state index is 0.100. The van der Waals surface area contributed by atoms with Gasteiger partial charge in [0.05, 0.1) is 17.7 Å². The first-order chi connectivity index (χ1) is 17.5. The number of alkyl carbamates (subject to hydrolysis) is 1. The van der Waals surface area contributed by atoms with Crippen molar-refractivity contribution >= 4 is 12.0 Å². The van der Waals surface area contributed by atoms with Crippen LogP contribution in [-0.2, 0) is 21.6 Å². The van der Waals surface area contributed by atoms with E-state index in [1.807, 2.05) is 31.2 Å². The molecule has 0 aromatic heterocycles. The summed E-state index contributed by atoms with van der Waals surface area (Å²) in [6.45, 7) is 6.34. The normalized spacial score (nSPS) is 17.7. The van der Waals surface area contributed by atoms with Crippen LogP contribution in [0.2, 0.25) is 0 Å². The van der Waals surface area contributed by atoms with Gasteiger partial charge in [0.1, 0.15) is 5.82 Å². The number of aliphatic hydroxyl groups is 1. The summed E-state index contributed by atoms with van der Waals surface area (Å²) in [6.07, 6.45) is 2.19. The summed E-state index contributed by atoms with van der Waals surface area (Å²) in [6, 6.07) is 12.5. The Bertz CT molecular complexity index is 1100. The van der Waals surface area contributed by atoms with E-state index in [4.69, 9.17) is 10.5 Å². The monoisotopic (exact) mass is 513 g/mol. The largest absolute Gasteiger partial charge is 0.450 e. The summed E-state index contributed by atoms with van der Waals surface area (Å²) in [5, 5.41) is 14.8. The molecule has 0 spiro atoms. The van der Waals surface area contributed by atoms with Gasteiger partial charge in [0.25, 0.3) is 0 Å². The zero-order chi connectivity index (χ0) is 27.2.